The van der Waals surface area contributed by atoms with Crippen LogP contribution in [0.5, 0.6) is 5.88 Å². The first kappa shape index (κ1) is 14.8. The summed E-state index contributed by atoms with van der Waals surface area (Å²) in [5.74, 6) is 1.49. The molecular weight excluding hydrogens is 270 g/mol. The molecule has 0 atom stereocenters. The average Bonchev–Trinajstić information content (AvgIpc) is 2.90. The lowest BCUT2D eigenvalue weighted by Gasteiger charge is -2.08. The van der Waals surface area contributed by atoms with Crippen molar-refractivity contribution in [3.8, 4) is 5.88 Å². The van der Waals surface area contributed by atoms with Gasteiger partial charge in [-0.2, -0.15) is 0 Å². The largest absolute Gasteiger partial charge is 0.481 e. The molecule has 2 rings (SSSR count). The van der Waals surface area contributed by atoms with E-state index < -0.39 is 0 Å². The van der Waals surface area contributed by atoms with Gasteiger partial charge in [0.05, 0.1) is 19.0 Å². The lowest BCUT2D eigenvalue weighted by Crippen LogP contribution is -2.30. The van der Waals surface area contributed by atoms with Gasteiger partial charge in [-0.15, -0.1) is 0 Å². The molecule has 2 aromatic rings. The number of ether oxygens (including phenoxy) is 1. The minimum absolute atomic E-state index is 0.246. The average molecular weight is 289 g/mol. The van der Waals surface area contributed by atoms with E-state index in [-0.39, 0.29) is 6.03 Å². The van der Waals surface area contributed by atoms with Gasteiger partial charge in [0.2, 0.25) is 5.88 Å². The topological polar surface area (TPSA) is 81.1 Å². The molecule has 7 nitrogen and oxygen atoms in total. The number of nitrogens with one attached hydrogen (secondary N) is 2. The molecule has 0 unspecified atom stereocenters. The number of methoxy groups -OCH3 is 1. The van der Waals surface area contributed by atoms with Gasteiger partial charge >= 0.3 is 6.03 Å². The number of hydrogen-bond acceptors (Lipinski definition) is 4. The minimum Gasteiger partial charge on any atom is -0.481 e. The maximum absolute atomic E-state index is 11.7. The summed E-state index contributed by atoms with van der Waals surface area (Å²) in [5.41, 5.74) is 0.624. The van der Waals surface area contributed by atoms with E-state index in [1.54, 1.807) is 31.6 Å². The van der Waals surface area contributed by atoms with E-state index in [0.29, 0.717) is 18.1 Å². The second kappa shape index (κ2) is 7.28. The van der Waals surface area contributed by atoms with E-state index in [4.69, 9.17) is 4.74 Å². The number of carbonyl (C=O) groups excluding carboxylic acids is 1. The van der Waals surface area contributed by atoms with Crippen LogP contribution in [0.2, 0.25) is 0 Å². The van der Waals surface area contributed by atoms with Crippen LogP contribution in [0.4, 0.5) is 10.5 Å². The first-order valence-electron chi connectivity index (χ1n) is 6.71. The number of amides is 2. The van der Waals surface area contributed by atoms with Crippen LogP contribution in [-0.2, 0) is 6.54 Å². The fourth-order valence-corrected chi connectivity index (χ4v) is 1.84. The van der Waals surface area contributed by atoms with Crippen LogP contribution in [0.25, 0.3) is 0 Å². The van der Waals surface area contributed by atoms with E-state index in [0.717, 1.165) is 18.8 Å². The fourth-order valence-electron chi connectivity index (χ4n) is 1.84. The molecular formula is C14H19N5O2. The lowest BCUT2D eigenvalue weighted by atomic mass is 10.4. The van der Waals surface area contributed by atoms with Crippen molar-refractivity contribution < 1.29 is 9.53 Å². The van der Waals surface area contributed by atoms with Gasteiger partial charge in [-0.1, -0.05) is 0 Å². The molecule has 7 heteroatoms. The van der Waals surface area contributed by atoms with Gasteiger partial charge in [0, 0.05) is 31.5 Å². The predicted octanol–water partition coefficient (Wildman–Crippen LogP) is 1.81. The Morgan fingerprint density at radius 3 is 2.86 bits per heavy atom. The standard InChI is InChI=1S/C14H19N5O2/c1-11-15-7-9-19(11)8-3-6-16-14(20)18-12-4-5-13(21-2)17-10-12/h4-5,7,9-10H,3,6,8H2,1-2H3,(H2,16,18,20). The molecule has 0 radical (unpaired) electrons. The second-order valence-electron chi connectivity index (χ2n) is 4.49. The normalized spacial score (nSPS) is 10.2. The van der Waals surface area contributed by atoms with Crippen LogP contribution in [0.1, 0.15) is 12.2 Å². The summed E-state index contributed by atoms with van der Waals surface area (Å²) in [6, 6.07) is 3.18. The fraction of sp³-hybridized carbons (Fsp3) is 0.357. The van der Waals surface area contributed by atoms with E-state index in [1.807, 2.05) is 17.7 Å². The summed E-state index contributed by atoms with van der Waals surface area (Å²) in [6.07, 6.45) is 6.09. The summed E-state index contributed by atoms with van der Waals surface area (Å²) < 4.78 is 7.00. The summed E-state index contributed by atoms with van der Waals surface area (Å²) >= 11 is 0. The Labute approximate surface area is 123 Å². The molecule has 0 fully saturated rings. The molecule has 0 bridgehead atoms. The van der Waals surface area contributed by atoms with Gasteiger partial charge in [-0.05, 0) is 19.4 Å². The Bertz CT molecular complexity index is 579. The molecule has 2 heterocycles. The number of aryl methyl sites for hydroxylation is 2. The van der Waals surface area contributed by atoms with Crippen molar-refractivity contribution in [3.05, 3.63) is 36.5 Å². The molecule has 0 aliphatic carbocycles. The van der Waals surface area contributed by atoms with Gasteiger partial charge in [0.25, 0.3) is 0 Å². The molecule has 0 aromatic carbocycles. The number of anilines is 1. The van der Waals surface area contributed by atoms with Crippen molar-refractivity contribution in [1.29, 1.82) is 0 Å². The zero-order valence-corrected chi connectivity index (χ0v) is 12.2. The van der Waals surface area contributed by atoms with Crippen LogP contribution in [-0.4, -0.2) is 34.2 Å². The maximum atomic E-state index is 11.7. The first-order valence-corrected chi connectivity index (χ1v) is 6.71. The number of hydrogen-bond donors (Lipinski definition) is 2. The number of aromatic nitrogens is 3. The van der Waals surface area contributed by atoms with Crippen molar-refractivity contribution >= 4 is 11.7 Å². The number of rotatable bonds is 6. The SMILES string of the molecule is COc1ccc(NC(=O)NCCCn2ccnc2C)cn1. The molecule has 2 amide bonds. The van der Waals surface area contributed by atoms with Gasteiger partial charge in [-0.25, -0.2) is 14.8 Å². The van der Waals surface area contributed by atoms with Crippen molar-refractivity contribution in [2.24, 2.45) is 0 Å². The van der Waals surface area contributed by atoms with Crippen LogP contribution in [0.3, 0.4) is 0 Å². The monoisotopic (exact) mass is 289 g/mol. The van der Waals surface area contributed by atoms with Crippen LogP contribution < -0.4 is 15.4 Å². The summed E-state index contributed by atoms with van der Waals surface area (Å²) in [7, 11) is 1.55. The highest BCUT2D eigenvalue weighted by atomic mass is 16.5. The van der Waals surface area contributed by atoms with E-state index in [2.05, 4.69) is 20.6 Å². The van der Waals surface area contributed by atoms with Crippen LogP contribution >= 0.6 is 0 Å². The first-order chi connectivity index (χ1) is 10.2. The van der Waals surface area contributed by atoms with Crippen molar-refractivity contribution in [2.75, 3.05) is 19.0 Å². The summed E-state index contributed by atoms with van der Waals surface area (Å²) in [6.45, 7) is 3.38. The molecule has 2 aromatic heterocycles. The number of nitrogens with zero attached hydrogens (tertiary/aromatic N) is 3. The highest BCUT2D eigenvalue weighted by Gasteiger charge is 2.02. The molecule has 112 valence electrons. The second-order valence-corrected chi connectivity index (χ2v) is 4.49. The Balaban J connectivity index is 1.68. The highest BCUT2D eigenvalue weighted by Crippen LogP contribution is 2.10. The van der Waals surface area contributed by atoms with Gasteiger partial charge in [-0.3, -0.25) is 0 Å². The smallest absolute Gasteiger partial charge is 0.319 e. The Hall–Kier alpha value is -2.57. The van der Waals surface area contributed by atoms with Crippen molar-refractivity contribution in [1.82, 2.24) is 19.9 Å². The quantitative estimate of drug-likeness (QED) is 0.795. The van der Waals surface area contributed by atoms with E-state index in [9.17, 15) is 4.79 Å². The third-order valence-electron chi connectivity index (χ3n) is 2.99. The third kappa shape index (κ3) is 4.48. The number of pyridine rings is 1. The van der Waals surface area contributed by atoms with Crippen molar-refractivity contribution in [3.63, 3.8) is 0 Å². The number of carbonyl (C=O) groups is 1. The minimum atomic E-state index is -0.246. The van der Waals surface area contributed by atoms with Crippen LogP contribution in [0, 0.1) is 6.92 Å². The third-order valence-corrected chi connectivity index (χ3v) is 2.99. The molecule has 0 aliphatic heterocycles. The molecule has 0 spiro atoms. The lowest BCUT2D eigenvalue weighted by molar-refractivity contribution is 0.252. The summed E-state index contributed by atoms with van der Waals surface area (Å²) in [4.78, 5) is 19.9. The van der Waals surface area contributed by atoms with Gasteiger partial charge in [0.15, 0.2) is 0 Å². The zero-order chi connectivity index (χ0) is 15.1. The van der Waals surface area contributed by atoms with Crippen LogP contribution in [0.15, 0.2) is 30.7 Å². The molecule has 21 heavy (non-hydrogen) atoms. The number of imidazole rings is 1. The van der Waals surface area contributed by atoms with E-state index >= 15 is 0 Å². The summed E-state index contributed by atoms with van der Waals surface area (Å²) in [5, 5.41) is 5.51. The van der Waals surface area contributed by atoms with Crippen molar-refractivity contribution in [2.45, 2.75) is 19.9 Å². The predicted molar refractivity (Wildman–Crippen MR) is 79.4 cm³/mol. The van der Waals surface area contributed by atoms with E-state index in [1.165, 1.54) is 0 Å². The highest BCUT2D eigenvalue weighted by molar-refractivity contribution is 5.88. The molecule has 2 N–H and O–H groups in total. The molecule has 0 saturated carbocycles. The van der Waals surface area contributed by atoms with Gasteiger partial charge < -0.3 is 19.9 Å². The Morgan fingerprint density at radius 2 is 2.24 bits per heavy atom. The Kier molecular flexibility index (Phi) is 5.14. The number of urea groups is 1. The van der Waals surface area contributed by atoms with Gasteiger partial charge in [0.1, 0.15) is 5.82 Å². The zero-order valence-electron chi connectivity index (χ0n) is 12.2. The molecule has 0 aliphatic rings. The maximum Gasteiger partial charge on any atom is 0.319 e. The Morgan fingerprint density at radius 1 is 1.38 bits per heavy atom. The molecule has 0 saturated heterocycles.